The van der Waals surface area contributed by atoms with Crippen LogP contribution in [0.15, 0.2) is 30.5 Å². The first-order valence-corrected chi connectivity index (χ1v) is 8.35. The fourth-order valence-electron chi connectivity index (χ4n) is 3.45. The molecule has 114 valence electrons. The molecule has 1 aliphatic rings. The molecule has 0 saturated carbocycles. The van der Waals surface area contributed by atoms with Crippen molar-refractivity contribution < 1.29 is 0 Å². The molecule has 0 aliphatic carbocycles. The van der Waals surface area contributed by atoms with Crippen LogP contribution in [0.3, 0.4) is 0 Å². The molecule has 0 spiro atoms. The van der Waals surface area contributed by atoms with Crippen molar-refractivity contribution in [3.8, 4) is 0 Å². The van der Waals surface area contributed by atoms with Crippen LogP contribution < -0.4 is 5.32 Å². The molecule has 0 amide bonds. The molecule has 0 unspecified atom stereocenters. The maximum atomic E-state index is 3.67. The van der Waals surface area contributed by atoms with E-state index in [1.165, 1.54) is 55.4 Å². The van der Waals surface area contributed by atoms with Gasteiger partial charge in [0.05, 0.1) is 0 Å². The molecule has 0 bridgehead atoms. The van der Waals surface area contributed by atoms with Gasteiger partial charge in [-0.05, 0) is 69.1 Å². The zero-order valence-electron chi connectivity index (χ0n) is 13.1. The zero-order valence-corrected chi connectivity index (χ0v) is 13.1. The van der Waals surface area contributed by atoms with Crippen molar-refractivity contribution in [2.75, 3.05) is 26.2 Å². The van der Waals surface area contributed by atoms with Crippen molar-refractivity contribution >= 4 is 10.9 Å². The summed E-state index contributed by atoms with van der Waals surface area (Å²) < 4.78 is 0. The molecule has 3 heteroatoms. The van der Waals surface area contributed by atoms with Gasteiger partial charge in [0.15, 0.2) is 0 Å². The quantitative estimate of drug-likeness (QED) is 0.852. The number of rotatable bonds is 6. The highest BCUT2D eigenvalue weighted by molar-refractivity contribution is 5.82. The van der Waals surface area contributed by atoms with Crippen LogP contribution >= 0.6 is 0 Å². The Morgan fingerprint density at radius 2 is 2.10 bits per heavy atom. The van der Waals surface area contributed by atoms with Crippen LogP contribution in [0.1, 0.15) is 31.7 Å². The molecule has 3 rings (SSSR count). The normalized spacial score (nSPS) is 17.6. The second kappa shape index (κ2) is 7.10. The Kier molecular flexibility index (Phi) is 4.94. The molecule has 2 aromatic rings. The van der Waals surface area contributed by atoms with E-state index in [0.29, 0.717) is 0 Å². The SMILES string of the molecule is CCCN1CCC(CNCc2cccc3[nH]ccc23)CC1. The number of aromatic nitrogens is 1. The summed E-state index contributed by atoms with van der Waals surface area (Å²) in [4.78, 5) is 5.89. The molecular formula is C18H27N3. The van der Waals surface area contributed by atoms with Crippen molar-refractivity contribution in [3.05, 3.63) is 36.0 Å². The lowest BCUT2D eigenvalue weighted by Crippen LogP contribution is -2.37. The summed E-state index contributed by atoms with van der Waals surface area (Å²) in [6.07, 6.45) is 6.00. The number of nitrogens with one attached hydrogen (secondary N) is 2. The molecule has 1 saturated heterocycles. The third kappa shape index (κ3) is 3.66. The predicted molar refractivity (Wildman–Crippen MR) is 89.5 cm³/mol. The van der Waals surface area contributed by atoms with E-state index in [1.807, 2.05) is 6.20 Å². The van der Waals surface area contributed by atoms with Crippen molar-refractivity contribution in [2.24, 2.45) is 5.92 Å². The van der Waals surface area contributed by atoms with Gasteiger partial charge in [0.2, 0.25) is 0 Å². The number of benzene rings is 1. The Bertz CT molecular complexity index is 552. The number of hydrogen-bond acceptors (Lipinski definition) is 2. The summed E-state index contributed by atoms with van der Waals surface area (Å²) in [6, 6.07) is 8.68. The molecule has 1 fully saturated rings. The molecular weight excluding hydrogens is 258 g/mol. The molecule has 1 aliphatic heterocycles. The Morgan fingerprint density at radius 3 is 2.90 bits per heavy atom. The fourth-order valence-corrected chi connectivity index (χ4v) is 3.45. The minimum absolute atomic E-state index is 0.850. The fraction of sp³-hybridized carbons (Fsp3) is 0.556. The summed E-state index contributed by atoms with van der Waals surface area (Å²) >= 11 is 0. The molecule has 3 nitrogen and oxygen atoms in total. The van der Waals surface area contributed by atoms with E-state index < -0.39 is 0 Å². The first kappa shape index (κ1) is 14.6. The molecule has 1 aromatic carbocycles. The van der Waals surface area contributed by atoms with E-state index in [1.54, 1.807) is 0 Å². The molecule has 0 radical (unpaired) electrons. The van der Waals surface area contributed by atoms with Crippen molar-refractivity contribution in [2.45, 2.75) is 32.7 Å². The van der Waals surface area contributed by atoms with E-state index in [2.05, 4.69) is 46.4 Å². The smallest absolute Gasteiger partial charge is 0.0457 e. The van der Waals surface area contributed by atoms with Crippen LogP contribution in [0.2, 0.25) is 0 Å². The van der Waals surface area contributed by atoms with E-state index in [4.69, 9.17) is 0 Å². The minimum atomic E-state index is 0.850. The second-order valence-electron chi connectivity index (χ2n) is 6.27. The summed E-state index contributed by atoms with van der Waals surface area (Å²) in [6.45, 7) is 8.25. The van der Waals surface area contributed by atoms with E-state index in [9.17, 15) is 0 Å². The number of aromatic amines is 1. The summed E-state index contributed by atoms with van der Waals surface area (Å²) in [5.41, 5.74) is 2.64. The molecule has 1 aromatic heterocycles. The number of fused-ring (bicyclic) bond motifs is 1. The Morgan fingerprint density at radius 1 is 1.24 bits per heavy atom. The number of likely N-dealkylation sites (tertiary alicyclic amines) is 1. The maximum absolute atomic E-state index is 3.67. The average molecular weight is 285 g/mol. The average Bonchev–Trinajstić information content (AvgIpc) is 2.99. The highest BCUT2D eigenvalue weighted by Gasteiger charge is 2.18. The Hall–Kier alpha value is -1.32. The van der Waals surface area contributed by atoms with E-state index in [0.717, 1.165) is 19.0 Å². The monoisotopic (exact) mass is 285 g/mol. The molecule has 2 N–H and O–H groups in total. The van der Waals surface area contributed by atoms with Crippen LogP contribution in [-0.2, 0) is 6.54 Å². The first-order chi connectivity index (χ1) is 10.4. The molecule has 2 heterocycles. The van der Waals surface area contributed by atoms with Crippen molar-refractivity contribution in [3.63, 3.8) is 0 Å². The van der Waals surface area contributed by atoms with E-state index in [-0.39, 0.29) is 0 Å². The zero-order chi connectivity index (χ0) is 14.5. The Balaban J connectivity index is 1.45. The standard InChI is InChI=1S/C18H27N3/c1-2-10-21-11-7-15(8-12-21)13-19-14-16-4-3-5-18-17(16)6-9-20-18/h3-6,9,15,19-20H,2,7-8,10-14H2,1H3. The lowest BCUT2D eigenvalue weighted by molar-refractivity contribution is 0.182. The van der Waals surface area contributed by atoms with Gasteiger partial charge in [-0.2, -0.15) is 0 Å². The van der Waals surface area contributed by atoms with Crippen LogP contribution in [0.25, 0.3) is 10.9 Å². The highest BCUT2D eigenvalue weighted by Crippen LogP contribution is 2.19. The largest absolute Gasteiger partial charge is 0.361 e. The highest BCUT2D eigenvalue weighted by atomic mass is 15.1. The number of nitrogens with zero attached hydrogens (tertiary/aromatic N) is 1. The van der Waals surface area contributed by atoms with Gasteiger partial charge in [-0.25, -0.2) is 0 Å². The number of H-pyrrole nitrogens is 1. The second-order valence-corrected chi connectivity index (χ2v) is 6.27. The maximum Gasteiger partial charge on any atom is 0.0457 e. The third-order valence-electron chi connectivity index (χ3n) is 4.68. The number of hydrogen-bond donors (Lipinski definition) is 2. The van der Waals surface area contributed by atoms with Gasteiger partial charge in [0.25, 0.3) is 0 Å². The topological polar surface area (TPSA) is 31.1 Å². The summed E-state index contributed by atoms with van der Waals surface area (Å²) in [7, 11) is 0. The van der Waals surface area contributed by atoms with Crippen LogP contribution in [0, 0.1) is 5.92 Å². The first-order valence-electron chi connectivity index (χ1n) is 8.35. The van der Waals surface area contributed by atoms with E-state index >= 15 is 0 Å². The van der Waals surface area contributed by atoms with Gasteiger partial charge >= 0.3 is 0 Å². The lowest BCUT2D eigenvalue weighted by Gasteiger charge is -2.31. The van der Waals surface area contributed by atoms with Gasteiger partial charge in [-0.1, -0.05) is 19.1 Å². The Labute approximate surface area is 127 Å². The van der Waals surface area contributed by atoms with Gasteiger partial charge in [0, 0.05) is 23.6 Å². The predicted octanol–water partition coefficient (Wildman–Crippen LogP) is 3.38. The van der Waals surface area contributed by atoms with Crippen LogP contribution in [0.5, 0.6) is 0 Å². The third-order valence-corrected chi connectivity index (χ3v) is 4.68. The summed E-state index contributed by atoms with van der Waals surface area (Å²) in [5.74, 6) is 0.850. The van der Waals surface area contributed by atoms with Crippen LogP contribution in [0.4, 0.5) is 0 Å². The molecule has 21 heavy (non-hydrogen) atoms. The van der Waals surface area contributed by atoms with Crippen LogP contribution in [-0.4, -0.2) is 36.1 Å². The van der Waals surface area contributed by atoms with Gasteiger partial charge in [-0.3, -0.25) is 0 Å². The summed E-state index contributed by atoms with van der Waals surface area (Å²) in [5, 5.41) is 5.02. The van der Waals surface area contributed by atoms with Gasteiger partial charge in [0.1, 0.15) is 0 Å². The van der Waals surface area contributed by atoms with Crippen molar-refractivity contribution in [1.29, 1.82) is 0 Å². The minimum Gasteiger partial charge on any atom is -0.361 e. The van der Waals surface area contributed by atoms with Gasteiger partial charge < -0.3 is 15.2 Å². The molecule has 0 atom stereocenters. The van der Waals surface area contributed by atoms with Gasteiger partial charge in [-0.15, -0.1) is 0 Å². The number of piperidine rings is 1. The lowest BCUT2D eigenvalue weighted by atomic mass is 9.96. The van der Waals surface area contributed by atoms with Crippen molar-refractivity contribution in [1.82, 2.24) is 15.2 Å².